The number of nitro benzene ring substituents is 1. The minimum Gasteiger partial charge on any atom is -0.496 e. The lowest BCUT2D eigenvalue weighted by Crippen LogP contribution is -2.11. The summed E-state index contributed by atoms with van der Waals surface area (Å²) in [5, 5.41) is 13.6. The van der Waals surface area contributed by atoms with Crippen LogP contribution in [0.3, 0.4) is 0 Å². The van der Waals surface area contributed by atoms with E-state index in [4.69, 9.17) is 4.74 Å². The molecule has 1 N–H and O–H groups in total. The average molecular weight is 210 g/mol. The highest BCUT2D eigenvalue weighted by Crippen LogP contribution is 2.23. The summed E-state index contributed by atoms with van der Waals surface area (Å²) in [5.74, 6) is 0.691. The van der Waals surface area contributed by atoms with Crippen LogP contribution in [0.5, 0.6) is 5.75 Å². The van der Waals surface area contributed by atoms with Gasteiger partial charge in [-0.15, -0.1) is 0 Å². The SMILES string of the molecule is CNCCc1cc([N+](=O)[O-])ccc1OC. The Hall–Kier alpha value is -1.62. The smallest absolute Gasteiger partial charge is 0.269 e. The fourth-order valence-electron chi connectivity index (χ4n) is 1.33. The minimum absolute atomic E-state index is 0.0990. The molecule has 5 nitrogen and oxygen atoms in total. The van der Waals surface area contributed by atoms with Crippen molar-refractivity contribution in [2.75, 3.05) is 20.7 Å². The summed E-state index contributed by atoms with van der Waals surface area (Å²) in [6, 6.07) is 4.63. The van der Waals surface area contributed by atoms with Crippen molar-refractivity contribution >= 4 is 5.69 Å². The molecule has 0 aliphatic heterocycles. The van der Waals surface area contributed by atoms with Crippen molar-refractivity contribution in [1.29, 1.82) is 0 Å². The maximum atomic E-state index is 10.6. The highest BCUT2D eigenvalue weighted by molar-refractivity contribution is 5.43. The highest BCUT2D eigenvalue weighted by atomic mass is 16.6. The van der Waals surface area contributed by atoms with E-state index in [1.54, 1.807) is 19.2 Å². The predicted octanol–water partition coefficient (Wildman–Crippen LogP) is 1.37. The molecule has 1 rings (SSSR count). The fourth-order valence-corrected chi connectivity index (χ4v) is 1.33. The van der Waals surface area contributed by atoms with E-state index in [0.29, 0.717) is 12.2 Å². The van der Waals surface area contributed by atoms with Crippen LogP contribution in [0.1, 0.15) is 5.56 Å². The van der Waals surface area contributed by atoms with Crippen LogP contribution in [0.25, 0.3) is 0 Å². The Morgan fingerprint density at radius 3 is 2.80 bits per heavy atom. The van der Waals surface area contributed by atoms with Gasteiger partial charge < -0.3 is 10.1 Å². The summed E-state index contributed by atoms with van der Waals surface area (Å²) in [6.45, 7) is 0.761. The van der Waals surface area contributed by atoms with Gasteiger partial charge in [0.25, 0.3) is 5.69 Å². The first-order valence-electron chi connectivity index (χ1n) is 4.65. The topological polar surface area (TPSA) is 64.4 Å². The summed E-state index contributed by atoms with van der Waals surface area (Å²) in [4.78, 5) is 10.2. The highest BCUT2D eigenvalue weighted by Gasteiger charge is 2.10. The van der Waals surface area contributed by atoms with Gasteiger partial charge in [0.2, 0.25) is 0 Å². The van der Waals surface area contributed by atoms with E-state index in [1.807, 2.05) is 7.05 Å². The van der Waals surface area contributed by atoms with Crippen molar-refractivity contribution in [3.05, 3.63) is 33.9 Å². The molecule has 0 saturated heterocycles. The van der Waals surface area contributed by atoms with E-state index in [9.17, 15) is 10.1 Å². The molecule has 0 heterocycles. The molecule has 82 valence electrons. The molecule has 15 heavy (non-hydrogen) atoms. The number of benzene rings is 1. The number of ether oxygens (including phenoxy) is 1. The maximum Gasteiger partial charge on any atom is 0.269 e. The molecule has 0 radical (unpaired) electrons. The third-order valence-electron chi connectivity index (χ3n) is 2.12. The molecule has 1 aromatic rings. The van der Waals surface area contributed by atoms with Crippen LogP contribution in [0.15, 0.2) is 18.2 Å². The number of non-ortho nitro benzene ring substituents is 1. The number of nitro groups is 1. The lowest BCUT2D eigenvalue weighted by molar-refractivity contribution is -0.384. The van der Waals surface area contributed by atoms with E-state index >= 15 is 0 Å². The number of hydrogen-bond donors (Lipinski definition) is 1. The Kier molecular flexibility index (Phi) is 4.05. The zero-order valence-electron chi connectivity index (χ0n) is 8.82. The largest absolute Gasteiger partial charge is 0.496 e. The maximum absolute atomic E-state index is 10.6. The predicted molar refractivity (Wildman–Crippen MR) is 57.3 cm³/mol. The summed E-state index contributed by atoms with van der Waals surface area (Å²) in [7, 11) is 3.40. The Morgan fingerprint density at radius 2 is 2.27 bits per heavy atom. The van der Waals surface area contributed by atoms with Crippen LogP contribution < -0.4 is 10.1 Å². The first-order chi connectivity index (χ1) is 7.19. The second kappa shape index (κ2) is 5.31. The van der Waals surface area contributed by atoms with E-state index in [2.05, 4.69) is 5.32 Å². The van der Waals surface area contributed by atoms with Crippen molar-refractivity contribution in [2.45, 2.75) is 6.42 Å². The molecule has 0 amide bonds. The summed E-state index contributed by atoms with van der Waals surface area (Å²) in [5.41, 5.74) is 0.947. The molecule has 5 heteroatoms. The van der Waals surface area contributed by atoms with Gasteiger partial charge >= 0.3 is 0 Å². The number of nitrogens with zero attached hydrogens (tertiary/aromatic N) is 1. The Morgan fingerprint density at radius 1 is 1.53 bits per heavy atom. The number of likely N-dealkylation sites (N-methyl/N-ethyl adjacent to an activating group) is 1. The van der Waals surface area contributed by atoms with Gasteiger partial charge in [-0.05, 0) is 26.1 Å². The third-order valence-corrected chi connectivity index (χ3v) is 2.12. The first kappa shape index (κ1) is 11.5. The van der Waals surface area contributed by atoms with Crippen molar-refractivity contribution in [1.82, 2.24) is 5.32 Å². The van der Waals surface area contributed by atoms with Crippen LogP contribution in [0, 0.1) is 10.1 Å². The summed E-state index contributed by atoms with van der Waals surface area (Å²) < 4.78 is 5.13. The van der Waals surface area contributed by atoms with Crippen LogP contribution in [-0.4, -0.2) is 25.6 Å². The normalized spacial score (nSPS) is 10.0. The molecule has 0 aromatic heterocycles. The standard InChI is InChI=1S/C10H14N2O3/c1-11-6-5-8-7-9(12(13)14)3-4-10(8)15-2/h3-4,7,11H,5-6H2,1-2H3. The Bertz CT molecular complexity index is 353. The lowest BCUT2D eigenvalue weighted by Gasteiger charge is -2.07. The van der Waals surface area contributed by atoms with Gasteiger partial charge in [-0.1, -0.05) is 0 Å². The molecule has 0 aliphatic rings. The summed E-state index contributed by atoms with van der Waals surface area (Å²) >= 11 is 0. The van der Waals surface area contributed by atoms with Gasteiger partial charge in [-0.25, -0.2) is 0 Å². The summed E-state index contributed by atoms with van der Waals surface area (Å²) in [6.07, 6.45) is 0.710. The van der Waals surface area contributed by atoms with Crippen LogP contribution >= 0.6 is 0 Å². The van der Waals surface area contributed by atoms with E-state index in [0.717, 1.165) is 12.1 Å². The minimum atomic E-state index is -0.400. The van der Waals surface area contributed by atoms with Gasteiger partial charge in [0.15, 0.2) is 0 Å². The molecule has 0 bridgehead atoms. The number of rotatable bonds is 5. The molecule has 0 atom stereocenters. The Labute approximate surface area is 88.2 Å². The average Bonchev–Trinajstić information content (AvgIpc) is 2.25. The van der Waals surface area contributed by atoms with E-state index in [-0.39, 0.29) is 5.69 Å². The molecule has 1 aromatic carbocycles. The quantitative estimate of drug-likeness (QED) is 0.588. The van der Waals surface area contributed by atoms with E-state index in [1.165, 1.54) is 6.07 Å². The molecule has 0 unspecified atom stereocenters. The second-order valence-corrected chi connectivity index (χ2v) is 3.11. The Balaban J connectivity index is 2.96. The molecule has 0 aliphatic carbocycles. The van der Waals surface area contributed by atoms with Gasteiger partial charge in [-0.3, -0.25) is 10.1 Å². The van der Waals surface area contributed by atoms with Crippen molar-refractivity contribution in [2.24, 2.45) is 0 Å². The zero-order chi connectivity index (χ0) is 11.3. The zero-order valence-corrected chi connectivity index (χ0v) is 8.82. The van der Waals surface area contributed by atoms with Crippen LogP contribution in [0.4, 0.5) is 5.69 Å². The van der Waals surface area contributed by atoms with Crippen molar-refractivity contribution in [3.8, 4) is 5.75 Å². The van der Waals surface area contributed by atoms with Crippen molar-refractivity contribution < 1.29 is 9.66 Å². The van der Waals surface area contributed by atoms with Crippen molar-refractivity contribution in [3.63, 3.8) is 0 Å². The van der Waals surface area contributed by atoms with Crippen LogP contribution in [0.2, 0.25) is 0 Å². The van der Waals surface area contributed by atoms with E-state index < -0.39 is 4.92 Å². The molecule has 0 spiro atoms. The van der Waals surface area contributed by atoms with Gasteiger partial charge in [0.1, 0.15) is 5.75 Å². The third kappa shape index (κ3) is 2.92. The number of hydrogen-bond acceptors (Lipinski definition) is 4. The molecule has 0 saturated carbocycles. The van der Waals surface area contributed by atoms with Gasteiger partial charge in [0.05, 0.1) is 12.0 Å². The monoisotopic (exact) mass is 210 g/mol. The van der Waals surface area contributed by atoms with Gasteiger partial charge in [-0.2, -0.15) is 0 Å². The van der Waals surface area contributed by atoms with Crippen LogP contribution in [-0.2, 0) is 6.42 Å². The second-order valence-electron chi connectivity index (χ2n) is 3.11. The van der Waals surface area contributed by atoms with Gasteiger partial charge in [0, 0.05) is 17.7 Å². The lowest BCUT2D eigenvalue weighted by atomic mass is 10.1. The number of nitrogens with one attached hydrogen (secondary N) is 1. The number of methoxy groups -OCH3 is 1. The first-order valence-corrected chi connectivity index (χ1v) is 4.65. The molecule has 0 fully saturated rings. The fraction of sp³-hybridized carbons (Fsp3) is 0.400. The molecular formula is C10H14N2O3. The molecular weight excluding hydrogens is 196 g/mol.